The van der Waals surface area contributed by atoms with Crippen LogP contribution in [0.1, 0.15) is 25.6 Å². The van der Waals surface area contributed by atoms with E-state index >= 15 is 0 Å². The maximum absolute atomic E-state index is 4.28. The Morgan fingerprint density at radius 3 is 2.92 bits per heavy atom. The van der Waals surface area contributed by atoms with Gasteiger partial charge in [0, 0.05) is 31.9 Å². The Kier molecular flexibility index (Phi) is 3.96. The van der Waals surface area contributed by atoms with Crippen LogP contribution in [-0.2, 0) is 13.5 Å². The number of aromatic nitrogens is 2. The summed E-state index contributed by atoms with van der Waals surface area (Å²) in [5.74, 6) is 1.18. The monoisotopic (exact) mass is 181 g/mol. The Hall–Kier alpha value is -0.830. The lowest BCUT2D eigenvalue weighted by atomic mass is 10.1. The van der Waals surface area contributed by atoms with Gasteiger partial charge in [0.2, 0.25) is 0 Å². The fourth-order valence-electron chi connectivity index (χ4n) is 1.35. The van der Waals surface area contributed by atoms with Crippen LogP contribution in [0.25, 0.3) is 0 Å². The minimum absolute atomic E-state index is 0.611. The topological polar surface area (TPSA) is 29.9 Å². The summed E-state index contributed by atoms with van der Waals surface area (Å²) in [7, 11) is 4.05. The second-order valence-electron chi connectivity index (χ2n) is 3.54. The summed E-state index contributed by atoms with van der Waals surface area (Å²) < 4.78 is 2.09. The van der Waals surface area contributed by atoms with Crippen LogP contribution >= 0.6 is 0 Å². The van der Waals surface area contributed by atoms with Gasteiger partial charge < -0.3 is 9.88 Å². The van der Waals surface area contributed by atoms with Crippen molar-refractivity contribution in [3.8, 4) is 0 Å². The zero-order chi connectivity index (χ0) is 9.68. The molecule has 0 aliphatic heterocycles. The maximum Gasteiger partial charge on any atom is 0.108 e. The molecule has 0 aromatic carbocycles. The highest BCUT2D eigenvalue weighted by Gasteiger charge is 2.01. The van der Waals surface area contributed by atoms with Gasteiger partial charge in [-0.1, -0.05) is 0 Å². The predicted octanol–water partition coefficient (Wildman–Crippen LogP) is 1.35. The molecule has 0 aliphatic rings. The van der Waals surface area contributed by atoms with E-state index < -0.39 is 0 Å². The molecule has 0 spiro atoms. The molecular formula is C10H19N3. The van der Waals surface area contributed by atoms with Gasteiger partial charge in [-0.3, -0.25) is 0 Å². The first-order valence-corrected chi connectivity index (χ1v) is 4.87. The van der Waals surface area contributed by atoms with Gasteiger partial charge in [0.05, 0.1) is 0 Å². The summed E-state index contributed by atoms with van der Waals surface area (Å²) >= 11 is 0. The Morgan fingerprint density at radius 1 is 1.62 bits per heavy atom. The van der Waals surface area contributed by atoms with E-state index in [4.69, 9.17) is 0 Å². The highest BCUT2D eigenvalue weighted by atomic mass is 15.0. The lowest BCUT2D eigenvalue weighted by Crippen LogP contribution is -2.21. The number of hydrogen-bond acceptors (Lipinski definition) is 2. The molecule has 0 amide bonds. The van der Waals surface area contributed by atoms with Crippen LogP contribution in [0.15, 0.2) is 12.4 Å². The van der Waals surface area contributed by atoms with Crippen molar-refractivity contribution in [2.45, 2.75) is 32.2 Å². The standard InChI is InChI=1S/C10H19N3/c1-9(11-2)5-4-6-10-12-7-8-13(10)3/h7-9,11H,4-6H2,1-3H3. The molecule has 3 nitrogen and oxygen atoms in total. The third-order valence-electron chi connectivity index (χ3n) is 2.45. The predicted molar refractivity (Wildman–Crippen MR) is 54.7 cm³/mol. The summed E-state index contributed by atoms with van der Waals surface area (Å²) in [6.07, 6.45) is 7.35. The first-order valence-electron chi connectivity index (χ1n) is 4.87. The van der Waals surface area contributed by atoms with E-state index in [2.05, 4.69) is 21.8 Å². The van der Waals surface area contributed by atoms with Gasteiger partial charge in [0.25, 0.3) is 0 Å². The molecule has 1 rings (SSSR count). The molecule has 0 saturated carbocycles. The van der Waals surface area contributed by atoms with Gasteiger partial charge >= 0.3 is 0 Å². The highest BCUT2D eigenvalue weighted by molar-refractivity contribution is 4.90. The normalized spacial score (nSPS) is 13.2. The van der Waals surface area contributed by atoms with Crippen molar-refractivity contribution in [2.24, 2.45) is 7.05 Å². The minimum Gasteiger partial charge on any atom is -0.338 e. The third kappa shape index (κ3) is 3.19. The second-order valence-corrected chi connectivity index (χ2v) is 3.54. The minimum atomic E-state index is 0.611. The van der Waals surface area contributed by atoms with Crippen molar-refractivity contribution in [1.29, 1.82) is 0 Å². The van der Waals surface area contributed by atoms with Gasteiger partial charge in [-0.05, 0) is 26.8 Å². The smallest absolute Gasteiger partial charge is 0.108 e. The first-order chi connectivity index (χ1) is 6.24. The molecule has 1 aromatic heterocycles. The Balaban J connectivity index is 2.24. The maximum atomic E-state index is 4.28. The van der Waals surface area contributed by atoms with Crippen LogP contribution in [0.5, 0.6) is 0 Å². The van der Waals surface area contributed by atoms with E-state index in [0.29, 0.717) is 6.04 Å². The Bertz CT molecular complexity index is 242. The molecule has 0 saturated heterocycles. The molecule has 74 valence electrons. The van der Waals surface area contributed by atoms with E-state index in [-0.39, 0.29) is 0 Å². The van der Waals surface area contributed by atoms with Crippen molar-refractivity contribution in [3.05, 3.63) is 18.2 Å². The van der Waals surface area contributed by atoms with Gasteiger partial charge in [0.15, 0.2) is 0 Å². The molecule has 13 heavy (non-hydrogen) atoms. The van der Waals surface area contributed by atoms with E-state index in [1.54, 1.807) is 0 Å². The number of hydrogen-bond donors (Lipinski definition) is 1. The number of nitrogens with one attached hydrogen (secondary N) is 1. The second kappa shape index (κ2) is 5.02. The quantitative estimate of drug-likeness (QED) is 0.743. The summed E-state index contributed by atoms with van der Waals surface area (Å²) in [6.45, 7) is 2.21. The lowest BCUT2D eigenvalue weighted by molar-refractivity contribution is 0.534. The van der Waals surface area contributed by atoms with Crippen molar-refractivity contribution >= 4 is 0 Å². The number of aryl methyl sites for hydroxylation is 2. The summed E-state index contributed by atoms with van der Waals surface area (Å²) in [5.41, 5.74) is 0. The SMILES string of the molecule is CNC(C)CCCc1nccn1C. The van der Waals surface area contributed by atoms with Crippen LogP contribution in [0.3, 0.4) is 0 Å². The molecule has 0 radical (unpaired) electrons. The van der Waals surface area contributed by atoms with Crippen LogP contribution in [-0.4, -0.2) is 22.6 Å². The molecule has 1 heterocycles. The fourth-order valence-corrected chi connectivity index (χ4v) is 1.35. The summed E-state index contributed by atoms with van der Waals surface area (Å²) in [6, 6.07) is 0.611. The van der Waals surface area contributed by atoms with Crippen molar-refractivity contribution < 1.29 is 0 Å². The molecular weight excluding hydrogens is 162 g/mol. The van der Waals surface area contributed by atoms with Gasteiger partial charge in [-0.2, -0.15) is 0 Å². The van der Waals surface area contributed by atoms with Gasteiger partial charge in [-0.15, -0.1) is 0 Å². The van der Waals surface area contributed by atoms with Crippen LogP contribution < -0.4 is 5.32 Å². The molecule has 1 aromatic rings. The molecule has 0 bridgehead atoms. The van der Waals surface area contributed by atoms with E-state index in [0.717, 1.165) is 6.42 Å². The van der Waals surface area contributed by atoms with Crippen molar-refractivity contribution in [2.75, 3.05) is 7.05 Å². The zero-order valence-corrected chi connectivity index (χ0v) is 8.75. The first kappa shape index (κ1) is 10.3. The van der Waals surface area contributed by atoms with Crippen LogP contribution in [0, 0.1) is 0 Å². The molecule has 1 atom stereocenters. The number of imidazole rings is 1. The van der Waals surface area contributed by atoms with Crippen molar-refractivity contribution in [3.63, 3.8) is 0 Å². The Labute approximate surface area is 80.2 Å². The molecule has 0 aliphatic carbocycles. The molecule has 1 unspecified atom stereocenters. The average molecular weight is 181 g/mol. The summed E-state index contributed by atoms with van der Waals surface area (Å²) in [4.78, 5) is 4.28. The fraction of sp³-hybridized carbons (Fsp3) is 0.700. The number of nitrogens with zero attached hydrogens (tertiary/aromatic N) is 2. The third-order valence-corrected chi connectivity index (χ3v) is 2.45. The van der Waals surface area contributed by atoms with Gasteiger partial charge in [-0.25, -0.2) is 4.98 Å². The lowest BCUT2D eigenvalue weighted by Gasteiger charge is -2.08. The number of rotatable bonds is 5. The Morgan fingerprint density at radius 2 is 2.38 bits per heavy atom. The van der Waals surface area contributed by atoms with Crippen LogP contribution in [0.4, 0.5) is 0 Å². The highest BCUT2D eigenvalue weighted by Crippen LogP contribution is 2.03. The molecule has 1 N–H and O–H groups in total. The average Bonchev–Trinajstić information content (AvgIpc) is 2.52. The summed E-state index contributed by atoms with van der Waals surface area (Å²) in [5, 5.41) is 3.23. The molecule has 0 fully saturated rings. The largest absolute Gasteiger partial charge is 0.338 e. The zero-order valence-electron chi connectivity index (χ0n) is 8.75. The van der Waals surface area contributed by atoms with Crippen LogP contribution in [0.2, 0.25) is 0 Å². The van der Waals surface area contributed by atoms with Gasteiger partial charge in [0.1, 0.15) is 5.82 Å². The van der Waals surface area contributed by atoms with Crippen molar-refractivity contribution in [1.82, 2.24) is 14.9 Å². The molecule has 3 heteroatoms. The van der Waals surface area contributed by atoms with E-state index in [1.165, 1.54) is 18.7 Å². The van der Waals surface area contributed by atoms with E-state index in [9.17, 15) is 0 Å². The van der Waals surface area contributed by atoms with E-state index in [1.807, 2.05) is 26.5 Å².